The zero-order valence-corrected chi connectivity index (χ0v) is 12.1. The van der Waals surface area contributed by atoms with Crippen LogP contribution in [0, 0.1) is 0 Å². The molecule has 0 heterocycles. The second-order valence-electron chi connectivity index (χ2n) is 4.55. The molecule has 0 aliphatic carbocycles. The van der Waals surface area contributed by atoms with E-state index in [1.165, 1.54) is 12.8 Å². The molecular weight excluding hydrogens is 230 g/mol. The van der Waals surface area contributed by atoms with Crippen LogP contribution in [0.1, 0.15) is 46.0 Å². The Kier molecular flexibility index (Phi) is 10.8. The first-order chi connectivity index (χ1) is 8.69. The van der Waals surface area contributed by atoms with Gasteiger partial charge in [-0.1, -0.05) is 19.0 Å². The zero-order chi connectivity index (χ0) is 13.8. The van der Waals surface area contributed by atoms with Gasteiger partial charge in [0.1, 0.15) is 5.84 Å². The van der Waals surface area contributed by atoms with E-state index in [0.29, 0.717) is 18.3 Å². The second kappa shape index (κ2) is 11.3. The van der Waals surface area contributed by atoms with Gasteiger partial charge in [0.15, 0.2) is 0 Å². The van der Waals surface area contributed by atoms with Crippen LogP contribution >= 0.6 is 0 Å². The van der Waals surface area contributed by atoms with Gasteiger partial charge in [0, 0.05) is 26.1 Å². The molecule has 0 aliphatic rings. The van der Waals surface area contributed by atoms with Crippen molar-refractivity contribution in [3.63, 3.8) is 0 Å². The highest BCUT2D eigenvalue weighted by atomic mass is 16.5. The lowest BCUT2D eigenvalue weighted by atomic mass is 10.1. The minimum atomic E-state index is 0.320. The predicted molar refractivity (Wildman–Crippen MR) is 75.1 cm³/mol. The number of amidine groups is 1. The molecule has 5 heteroatoms. The van der Waals surface area contributed by atoms with Gasteiger partial charge in [-0.05, 0) is 32.2 Å². The molecule has 0 bridgehead atoms. The van der Waals surface area contributed by atoms with E-state index >= 15 is 0 Å². The quantitative estimate of drug-likeness (QED) is 0.196. The van der Waals surface area contributed by atoms with Crippen LogP contribution in [0.25, 0.3) is 0 Å². The molecule has 0 saturated carbocycles. The predicted octanol–water partition coefficient (Wildman–Crippen LogP) is 2.04. The minimum Gasteiger partial charge on any atom is -0.409 e. The van der Waals surface area contributed by atoms with E-state index in [-0.39, 0.29) is 0 Å². The van der Waals surface area contributed by atoms with E-state index in [0.717, 1.165) is 32.5 Å². The van der Waals surface area contributed by atoms with Crippen molar-refractivity contribution in [1.82, 2.24) is 4.90 Å². The number of ether oxygens (including phenoxy) is 1. The topological polar surface area (TPSA) is 71.1 Å². The zero-order valence-electron chi connectivity index (χ0n) is 12.1. The fourth-order valence-corrected chi connectivity index (χ4v) is 2.16. The summed E-state index contributed by atoms with van der Waals surface area (Å²) >= 11 is 0. The Morgan fingerprint density at radius 2 is 1.94 bits per heavy atom. The van der Waals surface area contributed by atoms with Gasteiger partial charge in [0.25, 0.3) is 0 Å². The monoisotopic (exact) mass is 259 g/mol. The summed E-state index contributed by atoms with van der Waals surface area (Å²) < 4.78 is 5.16. The minimum absolute atomic E-state index is 0.320. The highest BCUT2D eigenvalue weighted by Crippen LogP contribution is 2.10. The van der Waals surface area contributed by atoms with E-state index in [4.69, 9.17) is 15.7 Å². The average molecular weight is 259 g/mol. The third-order valence-corrected chi connectivity index (χ3v) is 3.30. The van der Waals surface area contributed by atoms with Crippen molar-refractivity contribution in [3.05, 3.63) is 0 Å². The van der Waals surface area contributed by atoms with Crippen LogP contribution in [0.4, 0.5) is 0 Å². The van der Waals surface area contributed by atoms with Crippen molar-refractivity contribution in [1.29, 1.82) is 0 Å². The SMILES string of the molecule is CCC(CC)N(CCCC/C(N)=N/O)CCOC. The van der Waals surface area contributed by atoms with Crippen LogP contribution in [0.5, 0.6) is 0 Å². The van der Waals surface area contributed by atoms with E-state index in [2.05, 4.69) is 23.9 Å². The molecule has 0 aromatic carbocycles. The summed E-state index contributed by atoms with van der Waals surface area (Å²) in [5, 5.41) is 11.4. The van der Waals surface area contributed by atoms with Gasteiger partial charge in [-0.2, -0.15) is 0 Å². The normalized spacial score (nSPS) is 12.6. The number of rotatable bonds is 11. The molecule has 3 N–H and O–H groups in total. The van der Waals surface area contributed by atoms with Crippen molar-refractivity contribution in [3.8, 4) is 0 Å². The van der Waals surface area contributed by atoms with Gasteiger partial charge in [0.2, 0.25) is 0 Å². The Labute approximate surface area is 111 Å². The Morgan fingerprint density at radius 1 is 1.28 bits per heavy atom. The molecule has 0 atom stereocenters. The third kappa shape index (κ3) is 7.50. The first-order valence-electron chi connectivity index (χ1n) is 6.88. The lowest BCUT2D eigenvalue weighted by Gasteiger charge is -2.30. The maximum atomic E-state index is 8.46. The lowest BCUT2D eigenvalue weighted by Crippen LogP contribution is -2.37. The number of hydrogen-bond donors (Lipinski definition) is 2. The summed E-state index contributed by atoms with van der Waals surface area (Å²) in [5.41, 5.74) is 5.45. The maximum absolute atomic E-state index is 8.46. The fraction of sp³-hybridized carbons (Fsp3) is 0.923. The molecule has 0 fully saturated rings. The van der Waals surface area contributed by atoms with E-state index in [1.54, 1.807) is 7.11 Å². The molecule has 0 aromatic rings. The molecule has 0 rings (SSSR count). The van der Waals surface area contributed by atoms with Gasteiger partial charge in [-0.3, -0.25) is 4.90 Å². The van der Waals surface area contributed by atoms with Crippen LogP contribution in [0.15, 0.2) is 5.16 Å². The molecule has 0 amide bonds. The van der Waals surface area contributed by atoms with E-state index in [9.17, 15) is 0 Å². The Morgan fingerprint density at radius 3 is 2.44 bits per heavy atom. The largest absolute Gasteiger partial charge is 0.409 e. The number of nitrogens with zero attached hydrogens (tertiary/aromatic N) is 2. The molecular formula is C13H29N3O2. The van der Waals surface area contributed by atoms with Crippen LogP contribution in [0.3, 0.4) is 0 Å². The summed E-state index contributed by atoms with van der Waals surface area (Å²) in [6.45, 7) is 7.26. The van der Waals surface area contributed by atoms with Gasteiger partial charge < -0.3 is 15.7 Å². The number of oxime groups is 1. The van der Waals surface area contributed by atoms with Gasteiger partial charge in [-0.15, -0.1) is 0 Å². The number of hydrogen-bond acceptors (Lipinski definition) is 4. The molecule has 0 aliphatic heterocycles. The van der Waals surface area contributed by atoms with Crippen molar-refractivity contribution < 1.29 is 9.94 Å². The maximum Gasteiger partial charge on any atom is 0.139 e. The first-order valence-corrected chi connectivity index (χ1v) is 6.88. The van der Waals surface area contributed by atoms with E-state index < -0.39 is 0 Å². The van der Waals surface area contributed by atoms with Crippen LogP contribution in [0.2, 0.25) is 0 Å². The molecule has 0 aromatic heterocycles. The fourth-order valence-electron chi connectivity index (χ4n) is 2.16. The average Bonchev–Trinajstić information content (AvgIpc) is 2.40. The van der Waals surface area contributed by atoms with Gasteiger partial charge in [-0.25, -0.2) is 0 Å². The van der Waals surface area contributed by atoms with Crippen LogP contribution in [-0.4, -0.2) is 48.8 Å². The van der Waals surface area contributed by atoms with Gasteiger partial charge in [0.05, 0.1) is 6.61 Å². The summed E-state index contributed by atoms with van der Waals surface area (Å²) in [6, 6.07) is 0.629. The van der Waals surface area contributed by atoms with Gasteiger partial charge >= 0.3 is 0 Å². The highest BCUT2D eigenvalue weighted by Gasteiger charge is 2.14. The third-order valence-electron chi connectivity index (χ3n) is 3.30. The van der Waals surface area contributed by atoms with Crippen molar-refractivity contribution in [2.45, 2.75) is 52.0 Å². The van der Waals surface area contributed by atoms with E-state index in [1.807, 2.05) is 0 Å². The summed E-state index contributed by atoms with van der Waals surface area (Å²) in [4.78, 5) is 2.48. The lowest BCUT2D eigenvalue weighted by molar-refractivity contribution is 0.114. The molecule has 108 valence electrons. The molecule has 0 spiro atoms. The number of unbranched alkanes of at least 4 members (excludes halogenated alkanes) is 1. The molecule has 0 saturated heterocycles. The Hall–Kier alpha value is -0.810. The molecule has 0 radical (unpaired) electrons. The summed E-state index contributed by atoms with van der Waals surface area (Å²) in [5.74, 6) is 0.320. The number of methoxy groups -OCH3 is 1. The highest BCUT2D eigenvalue weighted by molar-refractivity contribution is 5.79. The molecule has 5 nitrogen and oxygen atoms in total. The van der Waals surface area contributed by atoms with Crippen molar-refractivity contribution in [2.75, 3.05) is 26.8 Å². The molecule has 0 unspecified atom stereocenters. The summed E-state index contributed by atoms with van der Waals surface area (Å²) in [7, 11) is 1.74. The first kappa shape index (κ1) is 17.2. The Bertz CT molecular complexity index is 218. The number of nitrogens with two attached hydrogens (primary N) is 1. The summed E-state index contributed by atoms with van der Waals surface area (Å²) in [6.07, 6.45) is 5.02. The van der Waals surface area contributed by atoms with Crippen molar-refractivity contribution >= 4 is 5.84 Å². The standard InChI is InChI=1S/C13H29N3O2/c1-4-12(5-2)16(10-11-18-3)9-7-6-8-13(14)15-17/h12,17H,4-11H2,1-3H3,(H2,14,15). The van der Waals surface area contributed by atoms with Crippen LogP contribution in [-0.2, 0) is 4.74 Å². The van der Waals surface area contributed by atoms with Crippen molar-refractivity contribution in [2.24, 2.45) is 10.9 Å². The smallest absolute Gasteiger partial charge is 0.139 e. The Balaban J connectivity index is 3.99. The van der Waals surface area contributed by atoms with Crippen LogP contribution < -0.4 is 5.73 Å². The molecule has 18 heavy (non-hydrogen) atoms. The second-order valence-corrected chi connectivity index (χ2v) is 4.55.